The number of fused-ring (bicyclic) bond motifs is 6. The number of allylic oxidation sites excluding steroid dienone is 3. The monoisotopic (exact) mass is 688 g/mol. The van der Waals surface area contributed by atoms with E-state index in [4.69, 9.17) is 14.2 Å². The Morgan fingerprint density at radius 3 is 2.61 bits per heavy atom. The van der Waals surface area contributed by atoms with Gasteiger partial charge in [0.2, 0.25) is 0 Å². The fourth-order valence-corrected chi connectivity index (χ4v) is 7.45. The molecule has 7 rings (SSSR count). The first-order valence-electron chi connectivity index (χ1n) is 17.7. The van der Waals surface area contributed by atoms with Gasteiger partial charge in [-0.3, -0.25) is 0 Å². The van der Waals surface area contributed by atoms with Gasteiger partial charge in [-0.15, -0.1) is 0 Å². The number of ether oxygens (including phenoxy) is 3. The second kappa shape index (κ2) is 13.7. The molecule has 0 saturated carbocycles. The average molecular weight is 689 g/mol. The molecular weight excluding hydrogens is 644 g/mol. The van der Waals surface area contributed by atoms with Gasteiger partial charge in [-0.05, 0) is 97.7 Å². The average Bonchev–Trinajstić information content (AvgIpc) is 3.65. The van der Waals surface area contributed by atoms with E-state index in [9.17, 15) is 14.7 Å². The molecule has 2 unspecified atom stereocenters. The van der Waals surface area contributed by atoms with Gasteiger partial charge in [0.05, 0.1) is 11.3 Å². The molecule has 10 heteroatoms. The Kier molecular flexibility index (Phi) is 9.10. The molecule has 2 atom stereocenters. The van der Waals surface area contributed by atoms with Crippen molar-refractivity contribution in [1.29, 1.82) is 0 Å². The van der Waals surface area contributed by atoms with Gasteiger partial charge in [0.25, 0.3) is 0 Å². The molecule has 3 heterocycles. The summed E-state index contributed by atoms with van der Waals surface area (Å²) in [7, 11) is 1.97. The molecule has 0 amide bonds. The fourth-order valence-electron chi connectivity index (χ4n) is 7.45. The number of rotatable bonds is 8. The van der Waals surface area contributed by atoms with Crippen LogP contribution in [-0.2, 0) is 13.5 Å². The summed E-state index contributed by atoms with van der Waals surface area (Å²) in [6.45, 7) is 12.4. The Labute approximate surface area is 297 Å². The van der Waals surface area contributed by atoms with E-state index in [0.717, 1.165) is 47.7 Å². The highest BCUT2D eigenvalue weighted by molar-refractivity contribution is 5.83. The minimum atomic E-state index is -0.928. The van der Waals surface area contributed by atoms with Gasteiger partial charge in [-0.2, -0.15) is 5.10 Å². The maximum absolute atomic E-state index is 13.7. The molecule has 5 aromatic rings. The standard InChI is InChI=1S/C41H44N4O6/c1-7-8-9-10-25-17-34(46)38-31-20-28(12-13-29(31)23(2)3)49-36-22-35(50-41(48)51-37(38)18-25)30(24(4)5)21-32(36)39-42-43-40(47)45(39)27-11-14-33-26(19-27)15-16-44(33)6/h11,14-22,24,29,31,46H,2,7-10,12-13H2,1,3-6H3,(H,43,47). The fraction of sp³-hybridized carbons (Fsp3) is 0.341. The first-order valence-corrected chi connectivity index (χ1v) is 17.7. The van der Waals surface area contributed by atoms with E-state index in [-0.39, 0.29) is 29.1 Å². The van der Waals surface area contributed by atoms with Crippen molar-refractivity contribution < 1.29 is 24.1 Å². The van der Waals surface area contributed by atoms with E-state index < -0.39 is 17.8 Å². The lowest BCUT2D eigenvalue weighted by atomic mass is 9.75. The third-order valence-corrected chi connectivity index (χ3v) is 10.1. The predicted molar refractivity (Wildman–Crippen MR) is 197 cm³/mol. The first-order chi connectivity index (χ1) is 24.5. The lowest BCUT2D eigenvalue weighted by molar-refractivity contribution is 0.150. The SMILES string of the molecule is C=C(C)C1CCC2=CC1c1c(O)cc(CCCCC)cc1OC(=O)Oc1cc(c(-c3n[nH]c(=O)n3-c3ccc4c(ccn4C)c3)cc1C(C)C)O2. The Morgan fingerprint density at radius 1 is 1.04 bits per heavy atom. The van der Waals surface area contributed by atoms with Gasteiger partial charge in [0.15, 0.2) is 5.82 Å². The van der Waals surface area contributed by atoms with Crippen LogP contribution in [0.1, 0.15) is 88.3 Å². The molecule has 0 saturated heterocycles. The maximum atomic E-state index is 13.7. The van der Waals surface area contributed by atoms with E-state index in [1.165, 1.54) is 4.57 Å². The van der Waals surface area contributed by atoms with Crippen molar-refractivity contribution in [3.8, 4) is 40.1 Å². The summed E-state index contributed by atoms with van der Waals surface area (Å²) in [6, 6.07) is 15.0. The number of carbonyl (C=O) groups is 1. The van der Waals surface area contributed by atoms with E-state index in [0.29, 0.717) is 52.6 Å². The van der Waals surface area contributed by atoms with Crippen LogP contribution < -0.4 is 19.9 Å². The van der Waals surface area contributed by atoms with Gasteiger partial charge in [-0.1, -0.05) is 45.8 Å². The maximum Gasteiger partial charge on any atom is 0.519 e. The molecule has 0 radical (unpaired) electrons. The summed E-state index contributed by atoms with van der Waals surface area (Å²) in [5, 5.41) is 19.7. The highest BCUT2D eigenvalue weighted by atomic mass is 16.7. The van der Waals surface area contributed by atoms with Crippen LogP contribution in [0.3, 0.4) is 0 Å². The molecule has 4 bridgehead atoms. The van der Waals surface area contributed by atoms with Crippen LogP contribution in [0.5, 0.6) is 23.0 Å². The molecule has 2 aromatic heterocycles. The number of nitrogens with one attached hydrogen (secondary N) is 1. The highest BCUT2D eigenvalue weighted by Gasteiger charge is 2.34. The van der Waals surface area contributed by atoms with Crippen LogP contribution in [0.25, 0.3) is 28.0 Å². The summed E-state index contributed by atoms with van der Waals surface area (Å²) in [6.07, 6.45) is 8.15. The third-order valence-electron chi connectivity index (χ3n) is 10.1. The number of aromatic amines is 1. The van der Waals surface area contributed by atoms with E-state index in [1.54, 1.807) is 12.1 Å². The molecule has 2 N–H and O–H groups in total. The third kappa shape index (κ3) is 6.46. The summed E-state index contributed by atoms with van der Waals surface area (Å²) in [5.41, 5.74) is 4.83. The van der Waals surface area contributed by atoms with Crippen molar-refractivity contribution >= 4 is 17.1 Å². The smallest absolute Gasteiger partial charge is 0.507 e. The molecule has 0 fully saturated rings. The molecule has 3 aromatic carbocycles. The first kappa shape index (κ1) is 34.0. The van der Waals surface area contributed by atoms with Crippen molar-refractivity contribution in [2.75, 3.05) is 0 Å². The number of carbonyl (C=O) groups excluding carboxylic acids is 1. The predicted octanol–water partition coefficient (Wildman–Crippen LogP) is 9.20. The van der Waals surface area contributed by atoms with Gasteiger partial charge in [-0.25, -0.2) is 19.3 Å². The number of phenols is 1. The summed E-state index contributed by atoms with van der Waals surface area (Å²) >= 11 is 0. The molecule has 264 valence electrons. The van der Waals surface area contributed by atoms with Crippen LogP contribution in [0.2, 0.25) is 0 Å². The number of phenolic OH excluding ortho intramolecular Hbond substituents is 1. The normalized spacial score (nSPS) is 17.1. The Morgan fingerprint density at radius 2 is 1.84 bits per heavy atom. The number of hydrogen-bond donors (Lipinski definition) is 2. The highest BCUT2D eigenvalue weighted by Crippen LogP contribution is 2.49. The van der Waals surface area contributed by atoms with Crippen LogP contribution >= 0.6 is 0 Å². The summed E-state index contributed by atoms with van der Waals surface area (Å²) < 4.78 is 22.2. The van der Waals surface area contributed by atoms with Crippen LogP contribution in [0.4, 0.5) is 4.79 Å². The van der Waals surface area contributed by atoms with E-state index in [2.05, 4.69) is 23.7 Å². The second-order valence-electron chi connectivity index (χ2n) is 14.1. The number of aromatic nitrogens is 4. The molecule has 10 nitrogen and oxygen atoms in total. The molecule has 1 aliphatic carbocycles. The summed E-state index contributed by atoms with van der Waals surface area (Å²) in [4.78, 5) is 27.0. The minimum absolute atomic E-state index is 0.0433. The second-order valence-corrected chi connectivity index (χ2v) is 14.1. The van der Waals surface area contributed by atoms with Crippen molar-refractivity contribution in [3.63, 3.8) is 0 Å². The van der Waals surface area contributed by atoms with E-state index in [1.807, 2.05) is 81.1 Å². The van der Waals surface area contributed by atoms with Crippen molar-refractivity contribution in [1.82, 2.24) is 19.3 Å². The Bertz CT molecular complexity index is 2250. The Hall–Kier alpha value is -5.51. The lowest BCUT2D eigenvalue weighted by Crippen LogP contribution is -2.23. The number of hydrogen-bond acceptors (Lipinski definition) is 7. The van der Waals surface area contributed by atoms with Crippen LogP contribution in [0, 0.1) is 5.92 Å². The number of unbranched alkanes of at least 4 members (excludes halogenated alkanes) is 2. The van der Waals surface area contributed by atoms with Gasteiger partial charge in [0, 0.05) is 48.1 Å². The molecular formula is C41H44N4O6. The van der Waals surface area contributed by atoms with Crippen molar-refractivity contribution in [3.05, 3.63) is 106 Å². The lowest BCUT2D eigenvalue weighted by Gasteiger charge is -2.33. The quantitative estimate of drug-likeness (QED) is 0.0722. The molecule has 1 aliphatic heterocycles. The number of aryl methyl sites for hydroxylation is 2. The number of benzene rings is 3. The topological polar surface area (TPSA) is 121 Å². The van der Waals surface area contributed by atoms with Crippen molar-refractivity contribution in [2.45, 2.75) is 78.1 Å². The largest absolute Gasteiger partial charge is 0.519 e. The van der Waals surface area contributed by atoms with Gasteiger partial charge in [0.1, 0.15) is 28.8 Å². The number of H-pyrrole nitrogens is 1. The van der Waals surface area contributed by atoms with Gasteiger partial charge >= 0.3 is 11.8 Å². The molecule has 0 spiro atoms. The zero-order valence-electron chi connectivity index (χ0n) is 29.8. The summed E-state index contributed by atoms with van der Waals surface area (Å²) in [5.74, 6) is 1.43. The van der Waals surface area contributed by atoms with Crippen LogP contribution in [-0.4, -0.2) is 30.6 Å². The molecule has 51 heavy (non-hydrogen) atoms. The minimum Gasteiger partial charge on any atom is -0.507 e. The molecule has 2 aliphatic rings. The zero-order valence-corrected chi connectivity index (χ0v) is 29.8. The van der Waals surface area contributed by atoms with Crippen molar-refractivity contribution in [2.24, 2.45) is 13.0 Å². The Balaban J connectivity index is 1.40. The zero-order chi connectivity index (χ0) is 36.0. The van der Waals surface area contributed by atoms with Gasteiger partial charge < -0.3 is 23.9 Å². The number of aromatic hydroxyl groups is 1. The van der Waals surface area contributed by atoms with Crippen LogP contribution in [0.15, 0.2) is 83.5 Å². The number of nitrogens with zero attached hydrogens (tertiary/aromatic N) is 3. The van der Waals surface area contributed by atoms with E-state index >= 15 is 0 Å².